The molecule has 1 aliphatic heterocycles. The predicted molar refractivity (Wildman–Crippen MR) is 109 cm³/mol. The average molecular weight is 461 g/mol. The molecular weight excluding hydrogens is 443 g/mol. The standard InChI is InChI=1S/C20H18ClFN6O4/c21-14-3-6-16(27-11-24-25-26-27)13(9-14)10-23-19(30)17-7-8-32-28(17)20(31)18(29)12-1-4-15(22)5-2-12/h1-6,9,11,17-18,29H,7-8,10H2,(H,23,30)/t17?,18-/m1/s1. The van der Waals surface area contributed by atoms with Gasteiger partial charge in [0.15, 0.2) is 6.10 Å². The van der Waals surface area contributed by atoms with Crippen LogP contribution in [0.15, 0.2) is 48.8 Å². The van der Waals surface area contributed by atoms with Gasteiger partial charge in [-0.15, -0.1) is 5.10 Å². The molecule has 1 fully saturated rings. The largest absolute Gasteiger partial charge is 0.378 e. The summed E-state index contributed by atoms with van der Waals surface area (Å²) in [5.41, 5.74) is 1.47. The van der Waals surface area contributed by atoms with Gasteiger partial charge in [-0.3, -0.25) is 14.4 Å². The maximum atomic E-state index is 13.1. The van der Waals surface area contributed by atoms with Crippen molar-refractivity contribution in [3.05, 3.63) is 70.8 Å². The second-order valence-corrected chi connectivity index (χ2v) is 7.44. The van der Waals surface area contributed by atoms with Crippen LogP contribution in [0.3, 0.4) is 0 Å². The lowest BCUT2D eigenvalue weighted by Crippen LogP contribution is -2.46. The molecule has 1 saturated heterocycles. The smallest absolute Gasteiger partial charge is 0.280 e. The van der Waals surface area contributed by atoms with Crippen LogP contribution in [0.25, 0.3) is 5.69 Å². The zero-order valence-electron chi connectivity index (χ0n) is 16.6. The Hall–Kier alpha value is -3.41. The van der Waals surface area contributed by atoms with Gasteiger partial charge in [0.1, 0.15) is 18.2 Å². The summed E-state index contributed by atoms with van der Waals surface area (Å²) >= 11 is 6.09. The lowest BCUT2D eigenvalue weighted by atomic mass is 10.1. The number of hydrogen-bond donors (Lipinski definition) is 2. The van der Waals surface area contributed by atoms with Crippen LogP contribution >= 0.6 is 11.6 Å². The summed E-state index contributed by atoms with van der Waals surface area (Å²) in [6.45, 7) is 0.223. The number of hydroxylamine groups is 2. The number of nitrogens with zero attached hydrogens (tertiary/aromatic N) is 5. The maximum absolute atomic E-state index is 13.1. The van der Waals surface area contributed by atoms with Crippen molar-refractivity contribution in [1.29, 1.82) is 0 Å². The third-order valence-corrected chi connectivity index (χ3v) is 5.17. The van der Waals surface area contributed by atoms with Crippen molar-refractivity contribution in [2.45, 2.75) is 25.1 Å². The fourth-order valence-corrected chi connectivity index (χ4v) is 3.52. The summed E-state index contributed by atoms with van der Waals surface area (Å²) in [5.74, 6) is -1.78. The predicted octanol–water partition coefficient (Wildman–Crippen LogP) is 1.34. The highest BCUT2D eigenvalue weighted by Gasteiger charge is 2.38. The van der Waals surface area contributed by atoms with Crippen molar-refractivity contribution in [3.63, 3.8) is 0 Å². The van der Waals surface area contributed by atoms with Gasteiger partial charge in [0.2, 0.25) is 5.91 Å². The van der Waals surface area contributed by atoms with Gasteiger partial charge < -0.3 is 10.4 Å². The van der Waals surface area contributed by atoms with E-state index in [1.54, 1.807) is 18.2 Å². The molecule has 0 saturated carbocycles. The van der Waals surface area contributed by atoms with E-state index in [1.807, 2.05) is 0 Å². The molecule has 10 nitrogen and oxygen atoms in total. The molecule has 0 bridgehead atoms. The normalized spacial score (nSPS) is 16.7. The average Bonchev–Trinajstić information content (AvgIpc) is 3.49. The molecule has 2 N–H and O–H groups in total. The first-order chi connectivity index (χ1) is 15.4. The van der Waals surface area contributed by atoms with E-state index in [2.05, 4.69) is 20.8 Å². The summed E-state index contributed by atoms with van der Waals surface area (Å²) in [5, 5.41) is 25.5. The minimum atomic E-state index is -1.59. The van der Waals surface area contributed by atoms with Crippen LogP contribution < -0.4 is 5.32 Å². The van der Waals surface area contributed by atoms with Crippen molar-refractivity contribution < 1.29 is 23.9 Å². The second-order valence-electron chi connectivity index (χ2n) is 7.00. The van der Waals surface area contributed by atoms with Crippen LogP contribution in [0.5, 0.6) is 0 Å². The van der Waals surface area contributed by atoms with Crippen LogP contribution in [0.1, 0.15) is 23.7 Å². The first kappa shape index (κ1) is 21.8. The third kappa shape index (κ3) is 4.59. The summed E-state index contributed by atoms with van der Waals surface area (Å²) in [6, 6.07) is 8.98. The molecule has 1 aliphatic rings. The monoisotopic (exact) mass is 460 g/mol. The van der Waals surface area contributed by atoms with Gasteiger partial charge in [0, 0.05) is 18.0 Å². The molecule has 0 aliphatic carbocycles. The lowest BCUT2D eigenvalue weighted by Gasteiger charge is -2.24. The highest BCUT2D eigenvalue weighted by atomic mass is 35.5. The van der Waals surface area contributed by atoms with Gasteiger partial charge >= 0.3 is 0 Å². The molecule has 32 heavy (non-hydrogen) atoms. The Labute approximate surface area is 186 Å². The third-order valence-electron chi connectivity index (χ3n) is 4.93. The Morgan fingerprint density at radius 2 is 2.06 bits per heavy atom. The molecule has 0 radical (unpaired) electrons. The number of hydrogen-bond acceptors (Lipinski definition) is 7. The van der Waals surface area contributed by atoms with Crippen LogP contribution in [0, 0.1) is 5.82 Å². The van der Waals surface area contributed by atoms with E-state index < -0.39 is 29.8 Å². The van der Waals surface area contributed by atoms with Crippen LogP contribution in [-0.4, -0.2) is 54.8 Å². The van der Waals surface area contributed by atoms with Crippen molar-refractivity contribution >= 4 is 23.4 Å². The molecule has 3 aromatic rings. The molecule has 2 amide bonds. The summed E-state index contributed by atoms with van der Waals surface area (Å²) in [6.07, 6.45) is 0.0723. The van der Waals surface area contributed by atoms with Crippen molar-refractivity contribution in [2.24, 2.45) is 0 Å². The van der Waals surface area contributed by atoms with Gasteiger partial charge in [-0.1, -0.05) is 23.7 Å². The van der Waals surface area contributed by atoms with E-state index in [0.29, 0.717) is 16.3 Å². The number of halogens is 2. The topological polar surface area (TPSA) is 122 Å². The highest BCUT2D eigenvalue weighted by molar-refractivity contribution is 6.30. The maximum Gasteiger partial charge on any atom is 0.280 e. The Kier molecular flexibility index (Phi) is 6.40. The minimum Gasteiger partial charge on any atom is -0.378 e. The SMILES string of the molecule is O=C(NCc1cc(Cl)ccc1-n1cnnn1)C1CCON1C(=O)[C@H](O)c1ccc(F)cc1. The number of aliphatic hydroxyl groups excluding tert-OH is 1. The van der Waals surface area contributed by atoms with Crippen molar-refractivity contribution in [1.82, 2.24) is 30.6 Å². The molecule has 2 aromatic carbocycles. The molecule has 2 atom stereocenters. The Balaban J connectivity index is 1.45. The van der Waals surface area contributed by atoms with Gasteiger partial charge in [0.05, 0.1) is 12.3 Å². The van der Waals surface area contributed by atoms with E-state index in [0.717, 1.165) is 17.2 Å². The van der Waals surface area contributed by atoms with E-state index in [1.165, 1.54) is 23.1 Å². The van der Waals surface area contributed by atoms with E-state index in [9.17, 15) is 19.1 Å². The molecule has 1 unspecified atom stereocenters. The van der Waals surface area contributed by atoms with E-state index in [-0.39, 0.29) is 25.1 Å². The quantitative estimate of drug-likeness (QED) is 0.569. The summed E-state index contributed by atoms with van der Waals surface area (Å²) in [7, 11) is 0. The lowest BCUT2D eigenvalue weighted by molar-refractivity contribution is -0.187. The number of aliphatic hydroxyl groups is 1. The molecule has 4 rings (SSSR count). The number of tetrazole rings is 1. The Morgan fingerprint density at radius 3 is 2.78 bits per heavy atom. The Bertz CT molecular complexity index is 1110. The zero-order valence-corrected chi connectivity index (χ0v) is 17.3. The summed E-state index contributed by atoms with van der Waals surface area (Å²) < 4.78 is 14.5. The number of aromatic nitrogens is 4. The number of rotatable bonds is 6. The first-order valence-electron chi connectivity index (χ1n) is 9.63. The van der Waals surface area contributed by atoms with E-state index in [4.69, 9.17) is 16.4 Å². The van der Waals surface area contributed by atoms with Crippen LogP contribution in [-0.2, 0) is 21.0 Å². The van der Waals surface area contributed by atoms with Crippen molar-refractivity contribution in [3.8, 4) is 5.69 Å². The zero-order chi connectivity index (χ0) is 22.7. The fourth-order valence-electron chi connectivity index (χ4n) is 3.32. The van der Waals surface area contributed by atoms with Gasteiger partial charge in [0.25, 0.3) is 5.91 Å². The number of carbonyl (C=O) groups excluding carboxylic acids is 2. The van der Waals surface area contributed by atoms with E-state index >= 15 is 0 Å². The molecule has 2 heterocycles. The number of nitrogens with one attached hydrogen (secondary N) is 1. The highest BCUT2D eigenvalue weighted by Crippen LogP contribution is 2.23. The number of amides is 2. The molecule has 12 heteroatoms. The van der Waals surface area contributed by atoms with Crippen LogP contribution in [0.2, 0.25) is 5.02 Å². The van der Waals surface area contributed by atoms with Gasteiger partial charge in [-0.05, 0) is 51.9 Å². The van der Waals surface area contributed by atoms with Crippen LogP contribution in [0.4, 0.5) is 4.39 Å². The molecule has 166 valence electrons. The summed E-state index contributed by atoms with van der Waals surface area (Å²) in [4.78, 5) is 30.8. The second kappa shape index (κ2) is 9.39. The van der Waals surface area contributed by atoms with Crippen molar-refractivity contribution in [2.75, 3.05) is 6.61 Å². The molecular formula is C20H18ClFN6O4. The number of carbonyl (C=O) groups is 2. The molecule has 0 spiro atoms. The fraction of sp³-hybridized carbons (Fsp3) is 0.250. The molecule has 1 aromatic heterocycles. The van der Waals surface area contributed by atoms with Gasteiger partial charge in [-0.25, -0.2) is 14.1 Å². The number of benzene rings is 2. The minimum absolute atomic E-state index is 0.0909. The first-order valence-corrected chi connectivity index (χ1v) is 10.0. The Morgan fingerprint density at radius 1 is 1.28 bits per heavy atom. The van der Waals surface area contributed by atoms with Gasteiger partial charge in [-0.2, -0.15) is 0 Å².